The largest absolute Gasteiger partial charge is 0.270 e. The van der Waals surface area contributed by atoms with Crippen molar-refractivity contribution in [1.29, 1.82) is 0 Å². The molecule has 0 aliphatic carbocycles. The molecule has 0 rings (SSSR count). The molecule has 0 spiro atoms. The highest BCUT2D eigenvalue weighted by Gasteiger charge is 2.39. The normalized spacial score (nSPS) is 14.6. The minimum absolute atomic E-state index is 0.0313. The fraction of sp³-hybridized carbons (Fsp3) is 1.00. The predicted molar refractivity (Wildman–Crippen MR) is 93.5 cm³/mol. The minimum Gasteiger partial charge on any atom is -0.270 e. The zero-order valence-corrected chi connectivity index (χ0v) is 17.9. The maximum absolute atomic E-state index is 11.9. The second-order valence-electron chi connectivity index (χ2n) is 7.14. The lowest BCUT2D eigenvalue weighted by Crippen LogP contribution is -2.41. The smallest absolute Gasteiger partial charge is 0.267 e. The average Bonchev–Trinajstić information content (AvgIpc) is 2.38. The van der Waals surface area contributed by atoms with Crippen LogP contribution in [-0.4, -0.2) is 63.3 Å². The summed E-state index contributed by atoms with van der Waals surface area (Å²) in [5.74, 6) is -0.390. The van der Waals surface area contributed by atoms with Crippen LogP contribution >= 0.6 is 0 Å². The van der Waals surface area contributed by atoms with Crippen molar-refractivity contribution in [2.75, 3.05) is 38.1 Å². The van der Waals surface area contributed by atoms with Crippen LogP contribution in [-0.2, 0) is 42.9 Å². The summed E-state index contributed by atoms with van der Waals surface area (Å²) in [6.07, 6.45) is 1.78. The molecule has 0 radical (unpaired) electrons. The van der Waals surface area contributed by atoms with Gasteiger partial charge in [0.15, 0.2) is 0 Å². The molecule has 9 nitrogen and oxygen atoms in total. The summed E-state index contributed by atoms with van der Waals surface area (Å²) in [4.78, 5) is 0. The van der Waals surface area contributed by atoms with E-state index in [4.69, 9.17) is 8.37 Å². The van der Waals surface area contributed by atoms with Crippen LogP contribution in [0.3, 0.4) is 0 Å². The lowest BCUT2D eigenvalue weighted by atomic mass is 9.69. The van der Waals surface area contributed by atoms with Crippen LogP contribution in [0, 0.1) is 10.8 Å². The highest BCUT2D eigenvalue weighted by atomic mass is 32.2. The Morgan fingerprint density at radius 1 is 0.680 bits per heavy atom. The first-order chi connectivity index (χ1) is 10.9. The predicted octanol–water partition coefficient (Wildman–Crippen LogP) is 0.728. The first-order valence-corrected chi connectivity index (χ1v) is 12.6. The third-order valence-corrected chi connectivity index (χ3v) is 6.31. The summed E-state index contributed by atoms with van der Waals surface area (Å²) in [5.41, 5.74) is -1.40. The average molecular weight is 425 g/mol. The van der Waals surface area contributed by atoms with Crippen LogP contribution < -0.4 is 0 Å². The van der Waals surface area contributed by atoms with E-state index in [1.165, 1.54) is 0 Å². The molecule has 0 unspecified atom stereocenters. The number of hydrogen-bond donors (Lipinski definition) is 0. The Balaban J connectivity index is 4.63. The summed E-state index contributed by atoms with van der Waals surface area (Å²) in [5, 5.41) is 0. The second-order valence-corrected chi connectivity index (χ2v) is 12.2. The molecule has 0 bridgehead atoms. The van der Waals surface area contributed by atoms with Crippen LogP contribution in [0.4, 0.5) is 0 Å². The van der Waals surface area contributed by atoms with Crippen molar-refractivity contribution in [3.05, 3.63) is 0 Å². The maximum atomic E-state index is 11.9. The van der Waals surface area contributed by atoms with Crippen molar-refractivity contribution in [3.63, 3.8) is 0 Å². The van der Waals surface area contributed by atoms with Gasteiger partial charge >= 0.3 is 0 Å². The fourth-order valence-corrected chi connectivity index (χ4v) is 3.38. The first-order valence-electron chi connectivity index (χ1n) is 7.43. The Labute approximate surface area is 151 Å². The van der Waals surface area contributed by atoms with Gasteiger partial charge in [0, 0.05) is 0 Å². The van der Waals surface area contributed by atoms with E-state index >= 15 is 0 Å². The van der Waals surface area contributed by atoms with Gasteiger partial charge in [-0.2, -0.15) is 25.3 Å². The number of hydrogen-bond acceptors (Lipinski definition) is 9. The molecule has 0 aromatic heterocycles. The van der Waals surface area contributed by atoms with Gasteiger partial charge in [0.25, 0.3) is 30.4 Å². The van der Waals surface area contributed by atoms with E-state index in [0.29, 0.717) is 0 Å². The molecule has 0 saturated carbocycles. The van der Waals surface area contributed by atoms with E-state index in [1.807, 2.05) is 0 Å². The van der Waals surface area contributed by atoms with Gasteiger partial charge in [-0.3, -0.25) is 12.5 Å². The molecule has 0 aliphatic heterocycles. The SMILES string of the molecule is CC(C)(COS(C)(=O)=O)C(C)(C)COS(=O)(=O)CCCOS(C)(=O)=O. The molecule has 0 amide bonds. The summed E-state index contributed by atoms with van der Waals surface area (Å²) in [6.45, 7) is 6.41. The summed E-state index contributed by atoms with van der Waals surface area (Å²) < 4.78 is 81.9. The highest BCUT2D eigenvalue weighted by Crippen LogP contribution is 2.39. The van der Waals surface area contributed by atoms with Crippen molar-refractivity contribution in [3.8, 4) is 0 Å². The zero-order chi connectivity index (χ0) is 20.2. The standard InChI is InChI=1S/C13H28O9S3/c1-12(2,10-21-24(6,16)17)13(3,4)11-22-25(18,19)9-7-8-20-23(5,14)15/h7-11H2,1-6H3. The summed E-state index contributed by atoms with van der Waals surface area (Å²) >= 11 is 0. The van der Waals surface area contributed by atoms with Crippen molar-refractivity contribution in [2.24, 2.45) is 10.8 Å². The van der Waals surface area contributed by atoms with Crippen molar-refractivity contribution >= 4 is 30.4 Å². The lowest BCUT2D eigenvalue weighted by Gasteiger charge is -2.40. The lowest BCUT2D eigenvalue weighted by molar-refractivity contribution is 0.0143. The molecule has 152 valence electrons. The van der Waals surface area contributed by atoms with Crippen LogP contribution in [0.25, 0.3) is 0 Å². The van der Waals surface area contributed by atoms with E-state index in [9.17, 15) is 25.3 Å². The van der Waals surface area contributed by atoms with Crippen LogP contribution in [0.1, 0.15) is 34.1 Å². The Morgan fingerprint density at radius 2 is 1.08 bits per heavy atom. The van der Waals surface area contributed by atoms with E-state index in [-0.39, 0.29) is 26.2 Å². The summed E-state index contributed by atoms with van der Waals surface area (Å²) in [6, 6.07) is 0. The van der Waals surface area contributed by atoms with Gasteiger partial charge in [-0.25, -0.2) is 0 Å². The molecule has 0 saturated heterocycles. The van der Waals surface area contributed by atoms with Crippen LogP contribution in [0.2, 0.25) is 0 Å². The van der Waals surface area contributed by atoms with E-state index < -0.39 is 46.9 Å². The van der Waals surface area contributed by atoms with Gasteiger partial charge in [0.05, 0.1) is 38.1 Å². The minimum atomic E-state index is -3.87. The molecular weight excluding hydrogens is 396 g/mol. The van der Waals surface area contributed by atoms with Gasteiger partial charge < -0.3 is 0 Å². The van der Waals surface area contributed by atoms with Gasteiger partial charge in [0.2, 0.25) is 0 Å². The first kappa shape index (κ1) is 24.7. The van der Waals surface area contributed by atoms with E-state index in [2.05, 4.69) is 4.18 Å². The van der Waals surface area contributed by atoms with Gasteiger partial charge in [-0.1, -0.05) is 27.7 Å². The van der Waals surface area contributed by atoms with Gasteiger partial charge in [-0.15, -0.1) is 0 Å². The van der Waals surface area contributed by atoms with Crippen molar-refractivity contribution < 1.29 is 37.8 Å². The third kappa shape index (κ3) is 11.1. The van der Waals surface area contributed by atoms with Crippen molar-refractivity contribution in [1.82, 2.24) is 0 Å². The van der Waals surface area contributed by atoms with Gasteiger partial charge in [-0.05, 0) is 17.3 Å². The zero-order valence-electron chi connectivity index (χ0n) is 15.4. The Morgan fingerprint density at radius 3 is 1.48 bits per heavy atom. The van der Waals surface area contributed by atoms with Crippen LogP contribution in [0.5, 0.6) is 0 Å². The van der Waals surface area contributed by atoms with E-state index in [0.717, 1.165) is 12.5 Å². The fourth-order valence-electron chi connectivity index (χ4n) is 1.39. The third-order valence-electron chi connectivity index (χ3n) is 3.90. The molecule has 12 heteroatoms. The van der Waals surface area contributed by atoms with Crippen molar-refractivity contribution in [2.45, 2.75) is 34.1 Å². The maximum Gasteiger partial charge on any atom is 0.267 e. The quantitative estimate of drug-likeness (QED) is 0.328. The second kappa shape index (κ2) is 8.61. The van der Waals surface area contributed by atoms with Crippen LogP contribution in [0.15, 0.2) is 0 Å². The molecular formula is C13H28O9S3. The number of rotatable bonds is 12. The Hall–Kier alpha value is -0.270. The topological polar surface area (TPSA) is 130 Å². The Kier molecular flexibility index (Phi) is 8.52. The molecule has 0 aromatic rings. The van der Waals surface area contributed by atoms with Gasteiger partial charge in [0.1, 0.15) is 0 Å². The highest BCUT2D eigenvalue weighted by molar-refractivity contribution is 7.86. The van der Waals surface area contributed by atoms with E-state index in [1.54, 1.807) is 27.7 Å². The molecule has 25 heavy (non-hydrogen) atoms. The summed E-state index contributed by atoms with van der Waals surface area (Å²) in [7, 11) is -11.1. The monoisotopic (exact) mass is 424 g/mol. The molecule has 0 fully saturated rings. The molecule has 0 atom stereocenters. The molecule has 0 aromatic carbocycles. The molecule has 0 N–H and O–H groups in total. The Bertz CT molecular complexity index is 732. The molecule has 0 heterocycles. The molecule has 0 aliphatic rings.